The topological polar surface area (TPSA) is 73.5 Å². The highest BCUT2D eigenvalue weighted by Gasteiger charge is 2.41. The number of aliphatic hydroxyl groups is 1. The summed E-state index contributed by atoms with van der Waals surface area (Å²) in [6.45, 7) is 4.97. The minimum Gasteiger partial charge on any atom is -0.508 e. The number of rotatable bonds is 6. The highest BCUT2D eigenvalue weighted by molar-refractivity contribution is 7.80. The zero-order chi connectivity index (χ0) is 21.3. The normalized spacial score (nSPS) is 18.6. The molecule has 1 fully saturated rings. The van der Waals surface area contributed by atoms with Gasteiger partial charge in [-0.25, -0.2) is 0 Å². The van der Waals surface area contributed by atoms with Crippen molar-refractivity contribution in [2.24, 2.45) is 0 Å². The number of nitrogens with one attached hydrogen (secondary N) is 1. The third kappa shape index (κ3) is 3.66. The molecule has 4 rings (SSSR count). The van der Waals surface area contributed by atoms with Crippen molar-refractivity contribution in [2.75, 3.05) is 13.2 Å². The second kappa shape index (κ2) is 8.45. The van der Waals surface area contributed by atoms with Crippen LogP contribution in [0.2, 0.25) is 0 Å². The van der Waals surface area contributed by atoms with Crippen LogP contribution in [-0.4, -0.2) is 42.9 Å². The van der Waals surface area contributed by atoms with Gasteiger partial charge in [-0.3, -0.25) is 4.98 Å². The van der Waals surface area contributed by atoms with E-state index in [-0.39, 0.29) is 24.4 Å². The monoisotopic (exact) mass is 422 g/mol. The molecule has 0 spiro atoms. The van der Waals surface area contributed by atoms with E-state index >= 15 is 0 Å². The maximum absolute atomic E-state index is 9.66. The molecule has 0 bridgehead atoms. The minimum absolute atomic E-state index is 0.0315. The SMILES string of the molecule is Cc1cc([C@H]2[C@H](c3ccccn3)NC(=S)N2CCCO)c(C)n1-c1ccc(O)cc1. The van der Waals surface area contributed by atoms with E-state index in [1.54, 1.807) is 18.3 Å². The van der Waals surface area contributed by atoms with Crippen LogP contribution < -0.4 is 5.32 Å². The molecule has 2 atom stereocenters. The standard InChI is InChI=1S/C23H26N4O2S/c1-15-14-19(16(2)27(15)17-7-9-18(29)10-8-17)22-21(20-6-3-4-11-24-20)25-23(30)26(22)12-5-13-28/h3-4,6-11,14,21-22,28-29H,5,12-13H2,1-2H3,(H,25,30)/t21-,22-/m0/s1. The smallest absolute Gasteiger partial charge is 0.170 e. The van der Waals surface area contributed by atoms with Crippen LogP contribution >= 0.6 is 12.2 Å². The maximum atomic E-state index is 9.66. The van der Waals surface area contributed by atoms with Gasteiger partial charge in [-0.15, -0.1) is 0 Å². The third-order valence-corrected chi connectivity index (χ3v) is 6.00. The van der Waals surface area contributed by atoms with Crippen LogP contribution in [-0.2, 0) is 0 Å². The first kappa shape index (κ1) is 20.4. The highest BCUT2D eigenvalue weighted by Crippen LogP contribution is 2.41. The molecule has 0 radical (unpaired) electrons. The summed E-state index contributed by atoms with van der Waals surface area (Å²) >= 11 is 5.67. The Morgan fingerprint density at radius 1 is 1.13 bits per heavy atom. The molecule has 0 amide bonds. The van der Waals surface area contributed by atoms with E-state index < -0.39 is 0 Å². The van der Waals surface area contributed by atoms with Crippen molar-refractivity contribution in [3.63, 3.8) is 0 Å². The number of hydrogen-bond acceptors (Lipinski definition) is 4. The highest BCUT2D eigenvalue weighted by atomic mass is 32.1. The first-order valence-corrected chi connectivity index (χ1v) is 10.5. The second-order valence-corrected chi connectivity index (χ2v) is 7.96. The zero-order valence-corrected chi connectivity index (χ0v) is 17.9. The molecule has 1 aromatic carbocycles. The van der Waals surface area contributed by atoms with Gasteiger partial charge in [0.1, 0.15) is 5.75 Å². The molecule has 0 unspecified atom stereocenters. The van der Waals surface area contributed by atoms with Crippen molar-refractivity contribution in [1.29, 1.82) is 0 Å². The van der Waals surface area contributed by atoms with Crippen LogP contribution in [0.4, 0.5) is 0 Å². The third-order valence-electron chi connectivity index (χ3n) is 5.65. The minimum atomic E-state index is -0.0776. The Hall–Kier alpha value is -2.90. The number of aryl methyl sites for hydroxylation is 1. The number of aromatic nitrogens is 2. The summed E-state index contributed by atoms with van der Waals surface area (Å²) in [5.74, 6) is 0.247. The van der Waals surface area contributed by atoms with Gasteiger partial charge >= 0.3 is 0 Å². The molecule has 3 heterocycles. The van der Waals surface area contributed by atoms with Crippen molar-refractivity contribution in [3.05, 3.63) is 77.4 Å². The van der Waals surface area contributed by atoms with E-state index in [0.717, 1.165) is 22.8 Å². The van der Waals surface area contributed by atoms with Gasteiger partial charge in [0.2, 0.25) is 0 Å². The predicted octanol–water partition coefficient (Wildman–Crippen LogP) is 3.55. The van der Waals surface area contributed by atoms with Gasteiger partial charge in [-0.1, -0.05) is 6.07 Å². The molecule has 1 saturated heterocycles. The first-order chi connectivity index (χ1) is 14.5. The van der Waals surface area contributed by atoms with Gasteiger partial charge in [0.25, 0.3) is 0 Å². The van der Waals surface area contributed by atoms with Crippen LogP contribution in [0.3, 0.4) is 0 Å². The lowest BCUT2D eigenvalue weighted by Gasteiger charge is -2.28. The molecule has 3 aromatic rings. The number of nitrogens with zero attached hydrogens (tertiary/aromatic N) is 3. The van der Waals surface area contributed by atoms with E-state index in [1.807, 2.05) is 30.3 Å². The fraction of sp³-hybridized carbons (Fsp3) is 0.304. The van der Waals surface area contributed by atoms with Crippen LogP contribution in [0.5, 0.6) is 5.75 Å². The van der Waals surface area contributed by atoms with Crippen molar-refractivity contribution in [1.82, 2.24) is 19.8 Å². The Labute approximate surface area is 181 Å². The number of phenolic OH excluding ortho intramolecular Hbond substituents is 1. The average Bonchev–Trinajstić information content (AvgIpc) is 3.23. The van der Waals surface area contributed by atoms with Crippen LogP contribution in [0.15, 0.2) is 54.7 Å². The lowest BCUT2D eigenvalue weighted by atomic mass is 9.96. The van der Waals surface area contributed by atoms with Gasteiger partial charge in [0.05, 0.1) is 17.8 Å². The summed E-state index contributed by atoms with van der Waals surface area (Å²) < 4.78 is 2.19. The molecule has 1 aliphatic heterocycles. The molecule has 2 aromatic heterocycles. The average molecular weight is 423 g/mol. The molecule has 30 heavy (non-hydrogen) atoms. The lowest BCUT2D eigenvalue weighted by Crippen LogP contribution is -2.31. The van der Waals surface area contributed by atoms with Crippen molar-refractivity contribution in [2.45, 2.75) is 32.4 Å². The number of thiocarbonyl (C=S) groups is 1. The van der Waals surface area contributed by atoms with E-state index in [1.165, 1.54) is 5.56 Å². The lowest BCUT2D eigenvalue weighted by molar-refractivity contribution is 0.247. The van der Waals surface area contributed by atoms with Gasteiger partial charge in [0, 0.05) is 36.4 Å². The molecule has 1 aliphatic rings. The summed E-state index contributed by atoms with van der Waals surface area (Å²) in [6, 6.07) is 15.2. The van der Waals surface area contributed by atoms with Gasteiger partial charge < -0.3 is 25.0 Å². The van der Waals surface area contributed by atoms with E-state index in [2.05, 4.69) is 39.7 Å². The Balaban J connectivity index is 1.81. The molecule has 3 N–H and O–H groups in total. The first-order valence-electron chi connectivity index (χ1n) is 10.1. The van der Waals surface area contributed by atoms with Gasteiger partial charge in [0.15, 0.2) is 5.11 Å². The molecule has 7 heteroatoms. The van der Waals surface area contributed by atoms with E-state index in [9.17, 15) is 10.2 Å². The molecule has 156 valence electrons. The second-order valence-electron chi connectivity index (χ2n) is 7.58. The summed E-state index contributed by atoms with van der Waals surface area (Å²) in [4.78, 5) is 6.74. The van der Waals surface area contributed by atoms with Crippen molar-refractivity contribution >= 4 is 17.3 Å². The molecule has 0 aliphatic carbocycles. The number of phenols is 1. The predicted molar refractivity (Wildman–Crippen MR) is 121 cm³/mol. The Morgan fingerprint density at radius 2 is 1.90 bits per heavy atom. The maximum Gasteiger partial charge on any atom is 0.170 e. The van der Waals surface area contributed by atoms with Gasteiger partial charge in [-0.2, -0.15) is 0 Å². The number of benzene rings is 1. The largest absolute Gasteiger partial charge is 0.508 e. The summed E-state index contributed by atoms with van der Waals surface area (Å²) in [5, 5.41) is 23.2. The van der Waals surface area contributed by atoms with Crippen molar-refractivity contribution < 1.29 is 10.2 Å². The van der Waals surface area contributed by atoms with Crippen LogP contribution in [0.1, 0.15) is 41.1 Å². The number of pyridine rings is 1. The summed E-state index contributed by atoms with van der Waals surface area (Å²) in [5.41, 5.74) is 5.32. The number of aromatic hydroxyl groups is 1. The summed E-state index contributed by atoms with van der Waals surface area (Å²) in [7, 11) is 0. The molecule has 0 saturated carbocycles. The number of hydrogen-bond donors (Lipinski definition) is 3. The van der Waals surface area contributed by atoms with E-state index in [0.29, 0.717) is 18.1 Å². The van der Waals surface area contributed by atoms with Crippen LogP contribution in [0, 0.1) is 13.8 Å². The molecular weight excluding hydrogens is 396 g/mol. The fourth-order valence-electron chi connectivity index (χ4n) is 4.31. The van der Waals surface area contributed by atoms with Crippen molar-refractivity contribution in [3.8, 4) is 11.4 Å². The number of aliphatic hydroxyl groups excluding tert-OH is 1. The summed E-state index contributed by atoms with van der Waals surface area (Å²) in [6.07, 6.45) is 2.44. The Morgan fingerprint density at radius 3 is 2.57 bits per heavy atom. The van der Waals surface area contributed by atoms with Crippen LogP contribution in [0.25, 0.3) is 5.69 Å². The fourth-order valence-corrected chi connectivity index (χ4v) is 4.64. The van der Waals surface area contributed by atoms with Gasteiger partial charge in [-0.05, 0) is 80.5 Å². The molecule has 6 nitrogen and oxygen atoms in total. The Bertz CT molecular complexity index is 1030. The van der Waals surface area contributed by atoms with E-state index in [4.69, 9.17) is 12.2 Å². The molecular formula is C23H26N4O2S. The quantitative estimate of drug-likeness (QED) is 0.528. The Kier molecular flexibility index (Phi) is 5.74. The zero-order valence-electron chi connectivity index (χ0n) is 17.1.